The maximum atomic E-state index is 6.15. The number of aryl methyl sites for hydroxylation is 2. The van der Waals surface area contributed by atoms with E-state index in [1.807, 2.05) is 24.3 Å². The van der Waals surface area contributed by atoms with Gasteiger partial charge < -0.3 is 9.47 Å². The molecule has 0 aliphatic carbocycles. The number of ether oxygens (including phenoxy) is 2. The summed E-state index contributed by atoms with van der Waals surface area (Å²) in [5.41, 5.74) is 4.60. The molecule has 0 unspecified atom stereocenters. The average molecular weight is 289 g/mol. The fourth-order valence-electron chi connectivity index (χ4n) is 2.63. The van der Waals surface area contributed by atoms with Crippen molar-refractivity contribution in [3.63, 3.8) is 0 Å². The topological polar surface area (TPSA) is 18.5 Å². The van der Waals surface area contributed by atoms with E-state index in [0.29, 0.717) is 6.61 Å². The van der Waals surface area contributed by atoms with Gasteiger partial charge in [-0.15, -0.1) is 0 Å². The molecule has 20 heavy (non-hydrogen) atoms. The molecule has 2 aromatic carbocycles. The van der Waals surface area contributed by atoms with Crippen molar-refractivity contribution in [1.29, 1.82) is 0 Å². The second kappa shape index (κ2) is 5.37. The van der Waals surface area contributed by atoms with Crippen molar-refractivity contribution in [2.24, 2.45) is 0 Å². The summed E-state index contributed by atoms with van der Waals surface area (Å²) in [4.78, 5) is 0. The number of hydrogen-bond acceptors (Lipinski definition) is 2. The Morgan fingerprint density at radius 2 is 1.85 bits per heavy atom. The molecule has 0 N–H and O–H groups in total. The highest BCUT2D eigenvalue weighted by Crippen LogP contribution is 2.33. The second-order valence-electron chi connectivity index (χ2n) is 5.26. The first-order valence-corrected chi connectivity index (χ1v) is 7.15. The van der Waals surface area contributed by atoms with E-state index in [1.54, 1.807) is 0 Å². The van der Waals surface area contributed by atoms with Crippen LogP contribution in [0.3, 0.4) is 0 Å². The predicted octanol–water partition coefficient (Wildman–Crippen LogP) is 4.47. The summed E-state index contributed by atoms with van der Waals surface area (Å²) in [7, 11) is 0. The molecule has 3 heteroatoms. The summed E-state index contributed by atoms with van der Waals surface area (Å²) >= 11 is 6.15. The first kappa shape index (κ1) is 13.3. The summed E-state index contributed by atoms with van der Waals surface area (Å²) in [6, 6.07) is 10.1. The maximum absolute atomic E-state index is 6.15. The molecule has 0 amide bonds. The second-order valence-corrected chi connectivity index (χ2v) is 5.70. The van der Waals surface area contributed by atoms with Crippen LogP contribution in [0.5, 0.6) is 11.5 Å². The van der Waals surface area contributed by atoms with Gasteiger partial charge in [0.05, 0.1) is 6.61 Å². The zero-order chi connectivity index (χ0) is 14.1. The molecule has 0 aromatic heterocycles. The van der Waals surface area contributed by atoms with Crippen LogP contribution in [0.15, 0.2) is 30.3 Å². The Kier molecular flexibility index (Phi) is 3.58. The highest BCUT2D eigenvalue weighted by Gasteiger charge is 2.17. The molecular weight excluding hydrogens is 272 g/mol. The molecular formula is C17H17ClO2. The standard InChI is InChI=1S/C17H17ClO2/c1-11-5-12(2)7-16(6-11)20-10-14-9-15(18)8-13-3-4-19-17(13)14/h5-9H,3-4,10H2,1-2H3. The van der Waals surface area contributed by atoms with E-state index in [9.17, 15) is 0 Å². The van der Waals surface area contributed by atoms with Crippen LogP contribution in [0.2, 0.25) is 5.02 Å². The molecule has 1 aliphatic rings. The van der Waals surface area contributed by atoms with Crippen LogP contribution >= 0.6 is 11.6 Å². The van der Waals surface area contributed by atoms with Gasteiger partial charge in [-0.3, -0.25) is 0 Å². The Morgan fingerprint density at radius 1 is 1.10 bits per heavy atom. The van der Waals surface area contributed by atoms with Gasteiger partial charge in [-0.2, -0.15) is 0 Å². The molecule has 0 saturated carbocycles. The lowest BCUT2D eigenvalue weighted by atomic mass is 10.1. The van der Waals surface area contributed by atoms with Gasteiger partial charge in [-0.05, 0) is 54.8 Å². The summed E-state index contributed by atoms with van der Waals surface area (Å²) in [6.07, 6.45) is 0.923. The van der Waals surface area contributed by atoms with Crippen LogP contribution in [-0.4, -0.2) is 6.61 Å². The van der Waals surface area contributed by atoms with Gasteiger partial charge in [-0.25, -0.2) is 0 Å². The van der Waals surface area contributed by atoms with Gasteiger partial charge in [0, 0.05) is 17.0 Å². The molecule has 2 aromatic rings. The van der Waals surface area contributed by atoms with Crippen molar-refractivity contribution in [2.45, 2.75) is 26.9 Å². The van der Waals surface area contributed by atoms with E-state index in [1.165, 1.54) is 16.7 Å². The first-order valence-electron chi connectivity index (χ1n) is 6.77. The van der Waals surface area contributed by atoms with Gasteiger partial charge in [0.15, 0.2) is 0 Å². The van der Waals surface area contributed by atoms with Crippen molar-refractivity contribution in [3.05, 3.63) is 57.6 Å². The molecule has 1 heterocycles. The Balaban J connectivity index is 1.82. The minimum atomic E-state index is 0.478. The molecule has 0 bridgehead atoms. The van der Waals surface area contributed by atoms with Crippen LogP contribution in [0, 0.1) is 13.8 Å². The molecule has 104 valence electrons. The Morgan fingerprint density at radius 3 is 2.60 bits per heavy atom. The van der Waals surface area contributed by atoms with E-state index in [2.05, 4.69) is 19.9 Å². The van der Waals surface area contributed by atoms with Crippen molar-refractivity contribution in [1.82, 2.24) is 0 Å². The summed E-state index contributed by atoms with van der Waals surface area (Å²) in [5, 5.41) is 0.744. The zero-order valence-corrected chi connectivity index (χ0v) is 12.5. The maximum Gasteiger partial charge on any atom is 0.129 e. The summed E-state index contributed by atoms with van der Waals surface area (Å²) in [5.74, 6) is 1.83. The average Bonchev–Trinajstić information content (AvgIpc) is 2.82. The number of benzene rings is 2. The largest absolute Gasteiger partial charge is 0.493 e. The van der Waals surface area contributed by atoms with Crippen molar-refractivity contribution in [3.8, 4) is 11.5 Å². The Hall–Kier alpha value is -1.67. The van der Waals surface area contributed by atoms with Crippen molar-refractivity contribution < 1.29 is 9.47 Å². The van der Waals surface area contributed by atoms with Gasteiger partial charge >= 0.3 is 0 Å². The monoisotopic (exact) mass is 288 g/mol. The molecule has 0 fully saturated rings. The van der Waals surface area contributed by atoms with E-state index in [4.69, 9.17) is 21.1 Å². The van der Waals surface area contributed by atoms with E-state index >= 15 is 0 Å². The van der Waals surface area contributed by atoms with Crippen LogP contribution in [-0.2, 0) is 13.0 Å². The molecule has 0 spiro atoms. The zero-order valence-electron chi connectivity index (χ0n) is 11.7. The van der Waals surface area contributed by atoms with Crippen LogP contribution in [0.4, 0.5) is 0 Å². The number of hydrogen-bond donors (Lipinski definition) is 0. The Labute approximate surface area is 124 Å². The quantitative estimate of drug-likeness (QED) is 0.829. The third-order valence-corrected chi connectivity index (χ3v) is 3.63. The number of rotatable bonds is 3. The molecule has 0 atom stereocenters. The fourth-order valence-corrected chi connectivity index (χ4v) is 2.89. The van der Waals surface area contributed by atoms with Crippen LogP contribution in [0.1, 0.15) is 22.3 Å². The van der Waals surface area contributed by atoms with Crippen molar-refractivity contribution >= 4 is 11.6 Å². The molecule has 0 radical (unpaired) electrons. The first-order chi connectivity index (χ1) is 9.61. The lowest BCUT2D eigenvalue weighted by Crippen LogP contribution is -1.99. The van der Waals surface area contributed by atoms with E-state index in [0.717, 1.165) is 35.1 Å². The fraction of sp³-hybridized carbons (Fsp3) is 0.294. The number of halogens is 1. The summed E-state index contributed by atoms with van der Waals surface area (Å²) in [6.45, 7) is 5.35. The van der Waals surface area contributed by atoms with Crippen LogP contribution in [0.25, 0.3) is 0 Å². The third kappa shape index (κ3) is 2.75. The third-order valence-electron chi connectivity index (χ3n) is 3.41. The smallest absolute Gasteiger partial charge is 0.129 e. The lowest BCUT2D eigenvalue weighted by Gasteiger charge is -2.12. The van der Waals surface area contributed by atoms with E-state index in [-0.39, 0.29) is 0 Å². The normalized spacial score (nSPS) is 12.9. The van der Waals surface area contributed by atoms with E-state index < -0.39 is 0 Å². The van der Waals surface area contributed by atoms with Gasteiger partial charge in [0.1, 0.15) is 18.1 Å². The predicted molar refractivity (Wildman–Crippen MR) is 80.9 cm³/mol. The minimum Gasteiger partial charge on any atom is -0.493 e. The van der Waals surface area contributed by atoms with Crippen LogP contribution < -0.4 is 9.47 Å². The highest BCUT2D eigenvalue weighted by atomic mass is 35.5. The minimum absolute atomic E-state index is 0.478. The molecule has 2 nitrogen and oxygen atoms in total. The van der Waals surface area contributed by atoms with Crippen molar-refractivity contribution in [2.75, 3.05) is 6.61 Å². The summed E-state index contributed by atoms with van der Waals surface area (Å²) < 4.78 is 11.6. The van der Waals surface area contributed by atoms with Gasteiger partial charge in [0.25, 0.3) is 0 Å². The molecule has 0 saturated heterocycles. The lowest BCUT2D eigenvalue weighted by molar-refractivity contribution is 0.291. The van der Waals surface area contributed by atoms with Gasteiger partial charge in [0.2, 0.25) is 0 Å². The molecule has 3 rings (SSSR count). The SMILES string of the molecule is Cc1cc(C)cc(OCc2cc(Cl)cc3c2OCC3)c1. The number of fused-ring (bicyclic) bond motifs is 1. The molecule has 1 aliphatic heterocycles. The highest BCUT2D eigenvalue weighted by molar-refractivity contribution is 6.30. The Bertz CT molecular complexity index is 629. The van der Waals surface area contributed by atoms with Gasteiger partial charge in [-0.1, -0.05) is 17.7 Å².